The molecule has 0 saturated heterocycles. The minimum Gasteiger partial charge on any atom is -0.415 e. The number of unbranched alkanes of at least 4 members (excludes halogenated alkanes) is 1. The predicted molar refractivity (Wildman–Crippen MR) is 84.4 cm³/mol. The number of rotatable bonds is 7. The summed E-state index contributed by atoms with van der Waals surface area (Å²) in [6.07, 6.45) is 5.22. The number of hydrogen-bond acceptors (Lipinski definition) is 1. The Labute approximate surface area is 117 Å². The molecule has 0 aliphatic carbocycles. The molecule has 109 valence electrons. The predicted octanol–water partition coefficient (Wildman–Crippen LogP) is 5.81. The normalized spacial score (nSPS) is 15.2. The van der Waals surface area contributed by atoms with Gasteiger partial charge in [0.05, 0.1) is 0 Å². The first kappa shape index (κ1) is 18.2. The van der Waals surface area contributed by atoms with Crippen molar-refractivity contribution in [3.63, 3.8) is 0 Å². The summed E-state index contributed by atoms with van der Waals surface area (Å²) >= 11 is 0. The summed E-state index contributed by atoms with van der Waals surface area (Å²) in [5.41, 5.74) is 0. The van der Waals surface area contributed by atoms with E-state index in [2.05, 4.69) is 55.4 Å². The highest BCUT2D eigenvalue weighted by atomic mass is 28.3. The van der Waals surface area contributed by atoms with E-state index in [1.807, 2.05) is 0 Å². The molecule has 0 amide bonds. The van der Waals surface area contributed by atoms with Gasteiger partial charge in [0.15, 0.2) is 0 Å². The molecular weight excluding hydrogens is 236 g/mol. The molecule has 0 aliphatic rings. The minimum atomic E-state index is -0.805. The van der Waals surface area contributed by atoms with Gasteiger partial charge in [-0.3, -0.25) is 0 Å². The largest absolute Gasteiger partial charge is 0.415 e. The average Bonchev–Trinajstić information content (AvgIpc) is 2.19. The Balaban J connectivity index is 4.43. The standard InChI is InChI=1S/C16H35OSi/c1-9-11-12-14(10-2)13-17-18(15(3,4)5)16(6,7)8/h14H,9-13H2,1-8H3. The van der Waals surface area contributed by atoms with Crippen LogP contribution in [0.1, 0.15) is 81.1 Å². The van der Waals surface area contributed by atoms with Gasteiger partial charge in [-0.1, -0.05) is 74.7 Å². The van der Waals surface area contributed by atoms with Crippen molar-refractivity contribution in [2.24, 2.45) is 5.92 Å². The Kier molecular flexibility index (Phi) is 7.77. The second-order valence-electron chi connectivity index (χ2n) is 7.56. The fourth-order valence-corrected chi connectivity index (χ4v) is 6.18. The van der Waals surface area contributed by atoms with Crippen LogP contribution in [-0.2, 0) is 4.43 Å². The fraction of sp³-hybridized carbons (Fsp3) is 1.00. The van der Waals surface area contributed by atoms with E-state index in [0.29, 0.717) is 10.1 Å². The summed E-state index contributed by atoms with van der Waals surface area (Å²) in [5, 5.41) is 0.623. The van der Waals surface area contributed by atoms with Crippen LogP contribution < -0.4 is 0 Å². The SMILES string of the molecule is CCCCC(CC)CO[Si](C(C)(C)C)C(C)(C)C. The molecule has 0 bridgehead atoms. The van der Waals surface area contributed by atoms with Crippen molar-refractivity contribution in [2.75, 3.05) is 6.61 Å². The van der Waals surface area contributed by atoms with E-state index in [1.54, 1.807) is 0 Å². The van der Waals surface area contributed by atoms with E-state index in [9.17, 15) is 0 Å². The number of hydrogen-bond donors (Lipinski definition) is 0. The summed E-state index contributed by atoms with van der Waals surface area (Å²) in [5.74, 6) is 0.759. The second-order valence-corrected chi connectivity index (χ2v) is 11.5. The molecule has 0 aromatic carbocycles. The highest BCUT2D eigenvalue weighted by Gasteiger charge is 2.39. The van der Waals surface area contributed by atoms with Gasteiger partial charge in [-0.05, 0) is 22.4 Å². The molecule has 2 heteroatoms. The maximum Gasteiger partial charge on any atom is 0.222 e. The van der Waals surface area contributed by atoms with Gasteiger partial charge in [0, 0.05) is 6.61 Å². The van der Waals surface area contributed by atoms with Crippen LogP contribution in [-0.4, -0.2) is 15.6 Å². The summed E-state index contributed by atoms with van der Waals surface area (Å²) < 4.78 is 6.42. The Morgan fingerprint density at radius 2 is 1.44 bits per heavy atom. The van der Waals surface area contributed by atoms with Crippen molar-refractivity contribution in [1.29, 1.82) is 0 Å². The van der Waals surface area contributed by atoms with E-state index in [-0.39, 0.29) is 0 Å². The van der Waals surface area contributed by atoms with Crippen molar-refractivity contribution in [1.82, 2.24) is 0 Å². The van der Waals surface area contributed by atoms with Crippen molar-refractivity contribution >= 4 is 9.04 Å². The third-order valence-corrected chi connectivity index (χ3v) is 6.55. The third-order valence-electron chi connectivity index (χ3n) is 3.37. The molecule has 0 heterocycles. The monoisotopic (exact) mass is 271 g/mol. The van der Waals surface area contributed by atoms with Crippen LogP contribution in [0.3, 0.4) is 0 Å². The molecular formula is C16H35OSi. The summed E-state index contributed by atoms with van der Waals surface area (Å²) in [6, 6.07) is 0. The molecule has 0 saturated carbocycles. The Morgan fingerprint density at radius 3 is 1.78 bits per heavy atom. The molecule has 0 N–H and O–H groups in total. The van der Waals surface area contributed by atoms with E-state index in [1.165, 1.54) is 25.7 Å². The summed E-state index contributed by atoms with van der Waals surface area (Å²) in [7, 11) is -0.805. The van der Waals surface area contributed by atoms with Crippen molar-refractivity contribution in [3.8, 4) is 0 Å². The van der Waals surface area contributed by atoms with Gasteiger partial charge < -0.3 is 4.43 Å². The topological polar surface area (TPSA) is 9.23 Å². The molecule has 1 nitrogen and oxygen atoms in total. The summed E-state index contributed by atoms with van der Waals surface area (Å²) in [6.45, 7) is 19.5. The third kappa shape index (κ3) is 6.94. The average molecular weight is 272 g/mol. The molecule has 1 unspecified atom stereocenters. The Bertz CT molecular complexity index is 198. The minimum absolute atomic E-state index is 0.311. The lowest BCUT2D eigenvalue weighted by Gasteiger charge is -2.38. The molecule has 0 aromatic heterocycles. The highest BCUT2D eigenvalue weighted by molar-refractivity contribution is 6.58. The van der Waals surface area contributed by atoms with Gasteiger partial charge >= 0.3 is 0 Å². The first-order valence-electron chi connectivity index (χ1n) is 7.63. The molecule has 0 spiro atoms. The van der Waals surface area contributed by atoms with Crippen molar-refractivity contribution in [2.45, 2.75) is 91.1 Å². The lowest BCUT2D eigenvalue weighted by molar-refractivity contribution is 0.213. The van der Waals surface area contributed by atoms with Gasteiger partial charge in [0.1, 0.15) is 0 Å². The van der Waals surface area contributed by atoms with E-state index in [4.69, 9.17) is 4.43 Å². The smallest absolute Gasteiger partial charge is 0.222 e. The molecule has 0 rings (SSSR count). The van der Waals surface area contributed by atoms with E-state index in [0.717, 1.165) is 12.5 Å². The van der Waals surface area contributed by atoms with Crippen molar-refractivity contribution in [3.05, 3.63) is 0 Å². The Morgan fingerprint density at radius 1 is 0.944 bits per heavy atom. The zero-order chi connectivity index (χ0) is 14.4. The quantitative estimate of drug-likeness (QED) is 0.531. The van der Waals surface area contributed by atoms with Gasteiger partial charge in [0.2, 0.25) is 9.04 Å². The Hall–Kier alpha value is 0.177. The lowest BCUT2D eigenvalue weighted by atomic mass is 10.0. The van der Waals surface area contributed by atoms with E-state index < -0.39 is 9.04 Å². The van der Waals surface area contributed by atoms with Gasteiger partial charge in [0.25, 0.3) is 0 Å². The van der Waals surface area contributed by atoms with Crippen molar-refractivity contribution < 1.29 is 4.43 Å². The van der Waals surface area contributed by atoms with Crippen LogP contribution in [0.4, 0.5) is 0 Å². The second kappa shape index (κ2) is 7.69. The molecule has 0 aliphatic heterocycles. The van der Waals surface area contributed by atoms with Crippen LogP contribution in [0.25, 0.3) is 0 Å². The summed E-state index contributed by atoms with van der Waals surface area (Å²) in [4.78, 5) is 0. The maximum atomic E-state index is 6.42. The zero-order valence-corrected chi connectivity index (χ0v) is 15.0. The maximum absolute atomic E-state index is 6.42. The molecule has 0 fully saturated rings. The van der Waals surface area contributed by atoms with E-state index >= 15 is 0 Å². The van der Waals surface area contributed by atoms with Gasteiger partial charge in [-0.2, -0.15) is 0 Å². The van der Waals surface area contributed by atoms with Crippen LogP contribution >= 0.6 is 0 Å². The van der Waals surface area contributed by atoms with Crippen LogP contribution in [0, 0.1) is 5.92 Å². The molecule has 1 radical (unpaired) electrons. The first-order chi connectivity index (χ1) is 8.12. The first-order valence-corrected chi connectivity index (χ1v) is 9.04. The van der Waals surface area contributed by atoms with Gasteiger partial charge in [-0.25, -0.2) is 0 Å². The van der Waals surface area contributed by atoms with Crippen LogP contribution in [0.15, 0.2) is 0 Å². The van der Waals surface area contributed by atoms with Gasteiger partial charge in [-0.15, -0.1) is 0 Å². The fourth-order valence-electron chi connectivity index (χ4n) is 2.66. The van der Waals surface area contributed by atoms with Crippen LogP contribution in [0.5, 0.6) is 0 Å². The zero-order valence-electron chi connectivity index (χ0n) is 14.0. The molecule has 1 atom stereocenters. The lowest BCUT2D eigenvalue weighted by Crippen LogP contribution is -2.39. The van der Waals surface area contributed by atoms with Crippen LogP contribution in [0.2, 0.25) is 10.1 Å². The molecule has 0 aromatic rings. The molecule has 18 heavy (non-hydrogen) atoms. The highest BCUT2D eigenvalue weighted by Crippen LogP contribution is 2.42.